The van der Waals surface area contributed by atoms with Crippen molar-refractivity contribution in [2.24, 2.45) is 0 Å². The van der Waals surface area contributed by atoms with Gasteiger partial charge in [-0.3, -0.25) is 0 Å². The second-order valence-electron chi connectivity index (χ2n) is 7.97. The summed E-state index contributed by atoms with van der Waals surface area (Å²) in [7, 11) is -3.87. The minimum Gasteiger partial charge on any atom is -0.376 e. The van der Waals surface area contributed by atoms with Crippen molar-refractivity contribution >= 4 is 42.9 Å². The highest BCUT2D eigenvalue weighted by atomic mass is 32.2. The van der Waals surface area contributed by atoms with Crippen molar-refractivity contribution in [2.45, 2.75) is 48.6 Å². The summed E-state index contributed by atoms with van der Waals surface area (Å²) in [5.74, 6) is 0.944. The van der Waals surface area contributed by atoms with Gasteiger partial charge in [-0.25, -0.2) is 13.4 Å². The molecule has 0 bridgehead atoms. The molecule has 1 aliphatic rings. The Morgan fingerprint density at radius 1 is 1.26 bits per heavy atom. The zero-order valence-corrected chi connectivity index (χ0v) is 18.9. The van der Waals surface area contributed by atoms with E-state index in [0.29, 0.717) is 18.3 Å². The van der Waals surface area contributed by atoms with E-state index in [1.807, 2.05) is 23.6 Å². The zero-order chi connectivity index (χ0) is 21.6. The molecule has 0 aliphatic carbocycles. The molecule has 1 N–H and O–H groups in total. The summed E-state index contributed by atoms with van der Waals surface area (Å²) in [6.07, 6.45) is 2.19. The van der Waals surface area contributed by atoms with Gasteiger partial charge < -0.3 is 10.1 Å². The molecule has 1 saturated heterocycles. The van der Waals surface area contributed by atoms with Crippen molar-refractivity contribution in [1.29, 1.82) is 0 Å². The van der Waals surface area contributed by atoms with Crippen LogP contribution in [0.15, 0.2) is 45.6 Å². The first-order valence-electron chi connectivity index (χ1n) is 10.3. The predicted molar refractivity (Wildman–Crippen MR) is 120 cm³/mol. The predicted octanol–water partition coefficient (Wildman–Crippen LogP) is 3.89. The first-order valence-corrected chi connectivity index (χ1v) is 12.6. The number of hydrogen-bond donors (Lipinski definition) is 1. The van der Waals surface area contributed by atoms with Crippen LogP contribution in [0.1, 0.15) is 38.2 Å². The van der Waals surface area contributed by atoms with Gasteiger partial charge in [-0.15, -0.1) is 16.4 Å². The standard InChI is InChI=1S/C21H23N5O3S2/c1-13(2)14-5-7-16(8-6-14)31(27,28)21-20-23-19(22-12-15-4-3-10-29-15)18-17(9-11-30-18)26(20)25-24-21/h5-9,11,13,15H,3-4,10,12H2,1-2H3,(H,22,23). The molecule has 5 rings (SSSR count). The molecule has 4 aromatic rings. The summed E-state index contributed by atoms with van der Waals surface area (Å²) in [5.41, 5.74) is 2.06. The van der Waals surface area contributed by atoms with Gasteiger partial charge in [0.05, 0.1) is 21.2 Å². The first kappa shape index (κ1) is 20.3. The Balaban J connectivity index is 1.58. The summed E-state index contributed by atoms with van der Waals surface area (Å²) in [6, 6.07) is 8.81. The van der Waals surface area contributed by atoms with Gasteiger partial charge in [-0.1, -0.05) is 31.2 Å². The number of aromatic nitrogens is 4. The number of thiophene rings is 1. The number of sulfone groups is 1. The molecule has 0 spiro atoms. The van der Waals surface area contributed by atoms with Gasteiger partial charge >= 0.3 is 0 Å². The quantitative estimate of drug-likeness (QED) is 0.469. The Labute approximate surface area is 184 Å². The zero-order valence-electron chi connectivity index (χ0n) is 17.3. The maximum Gasteiger partial charge on any atom is 0.229 e. The van der Waals surface area contributed by atoms with E-state index in [2.05, 4.69) is 34.5 Å². The summed E-state index contributed by atoms with van der Waals surface area (Å²) in [5, 5.41) is 13.3. The van der Waals surface area contributed by atoms with Crippen molar-refractivity contribution in [3.8, 4) is 0 Å². The third-order valence-electron chi connectivity index (χ3n) is 5.56. The number of benzene rings is 1. The molecule has 1 aliphatic heterocycles. The Bertz CT molecular complexity index is 1340. The average Bonchev–Trinajstić information content (AvgIpc) is 3.52. The molecule has 0 amide bonds. The van der Waals surface area contributed by atoms with Gasteiger partial charge in [0.2, 0.25) is 14.9 Å². The normalized spacial score (nSPS) is 17.2. The molecule has 0 radical (unpaired) electrons. The average molecular weight is 458 g/mol. The van der Waals surface area contributed by atoms with Gasteiger partial charge in [0.25, 0.3) is 0 Å². The molecular weight excluding hydrogens is 434 g/mol. The van der Waals surface area contributed by atoms with E-state index in [-0.39, 0.29) is 21.7 Å². The van der Waals surface area contributed by atoms with Crippen LogP contribution in [-0.4, -0.2) is 47.5 Å². The maximum atomic E-state index is 13.3. The summed E-state index contributed by atoms with van der Waals surface area (Å²) in [6.45, 7) is 5.53. The minimum atomic E-state index is -3.87. The van der Waals surface area contributed by atoms with E-state index in [4.69, 9.17) is 4.74 Å². The second-order valence-corrected chi connectivity index (χ2v) is 10.7. The lowest BCUT2D eigenvalue weighted by Gasteiger charge is -2.12. The smallest absolute Gasteiger partial charge is 0.229 e. The number of hydrogen-bond acceptors (Lipinski definition) is 8. The molecular formula is C21H23N5O3S2. The van der Waals surface area contributed by atoms with Crippen LogP contribution in [-0.2, 0) is 14.6 Å². The van der Waals surface area contributed by atoms with E-state index in [1.165, 1.54) is 15.9 Å². The lowest BCUT2D eigenvalue weighted by Crippen LogP contribution is -2.19. The van der Waals surface area contributed by atoms with Crippen molar-refractivity contribution in [3.05, 3.63) is 41.3 Å². The first-order chi connectivity index (χ1) is 14.9. The van der Waals surface area contributed by atoms with Crippen LogP contribution in [0.3, 0.4) is 0 Å². The van der Waals surface area contributed by atoms with Crippen LogP contribution in [0.2, 0.25) is 0 Å². The van der Waals surface area contributed by atoms with Crippen molar-refractivity contribution in [1.82, 2.24) is 19.8 Å². The topological polar surface area (TPSA) is 98.5 Å². The monoisotopic (exact) mass is 457 g/mol. The third-order valence-corrected chi connectivity index (χ3v) is 8.13. The molecule has 1 fully saturated rings. The highest BCUT2D eigenvalue weighted by Gasteiger charge is 2.27. The molecule has 1 atom stereocenters. The van der Waals surface area contributed by atoms with Gasteiger partial charge in [-0.05, 0) is 47.9 Å². The fourth-order valence-electron chi connectivity index (χ4n) is 3.78. The molecule has 3 aromatic heterocycles. The number of ether oxygens (including phenoxy) is 1. The largest absolute Gasteiger partial charge is 0.376 e. The van der Waals surface area contributed by atoms with E-state index in [1.54, 1.807) is 12.1 Å². The van der Waals surface area contributed by atoms with E-state index in [9.17, 15) is 8.42 Å². The molecule has 10 heteroatoms. The fraction of sp³-hybridized carbons (Fsp3) is 0.381. The van der Waals surface area contributed by atoms with Gasteiger partial charge in [0.1, 0.15) is 5.82 Å². The van der Waals surface area contributed by atoms with Crippen LogP contribution >= 0.6 is 11.3 Å². The summed E-state index contributed by atoms with van der Waals surface area (Å²) >= 11 is 1.52. The Kier molecular flexibility index (Phi) is 5.15. The van der Waals surface area contributed by atoms with Crippen LogP contribution in [0.4, 0.5) is 5.82 Å². The molecule has 8 nitrogen and oxygen atoms in total. The summed E-state index contributed by atoms with van der Waals surface area (Å²) < 4.78 is 34.8. The van der Waals surface area contributed by atoms with Crippen LogP contribution in [0.5, 0.6) is 0 Å². The Morgan fingerprint density at radius 3 is 2.77 bits per heavy atom. The highest BCUT2D eigenvalue weighted by molar-refractivity contribution is 7.91. The third kappa shape index (κ3) is 3.58. The van der Waals surface area contributed by atoms with Gasteiger partial charge in [-0.2, -0.15) is 4.52 Å². The maximum absolute atomic E-state index is 13.3. The molecule has 31 heavy (non-hydrogen) atoms. The van der Waals surface area contributed by atoms with Crippen molar-refractivity contribution in [3.63, 3.8) is 0 Å². The van der Waals surface area contributed by atoms with E-state index in [0.717, 1.165) is 35.2 Å². The SMILES string of the molecule is CC(C)c1ccc(S(=O)(=O)c2nnn3c2nc(NCC2CCCO2)c2sccc23)cc1. The van der Waals surface area contributed by atoms with E-state index >= 15 is 0 Å². The summed E-state index contributed by atoms with van der Waals surface area (Å²) in [4.78, 5) is 4.82. The molecule has 4 heterocycles. The number of rotatable bonds is 6. The van der Waals surface area contributed by atoms with E-state index < -0.39 is 9.84 Å². The van der Waals surface area contributed by atoms with Crippen LogP contribution in [0.25, 0.3) is 15.9 Å². The lowest BCUT2D eigenvalue weighted by molar-refractivity contribution is 0.120. The number of nitrogens with one attached hydrogen (secondary N) is 1. The second kappa shape index (κ2) is 7.85. The molecule has 1 unspecified atom stereocenters. The van der Waals surface area contributed by atoms with Crippen LogP contribution < -0.4 is 5.32 Å². The number of anilines is 1. The number of fused-ring (bicyclic) bond motifs is 3. The Hall–Kier alpha value is -2.56. The Morgan fingerprint density at radius 2 is 2.06 bits per heavy atom. The fourth-order valence-corrected chi connectivity index (χ4v) is 5.85. The lowest BCUT2D eigenvalue weighted by atomic mass is 10.0. The van der Waals surface area contributed by atoms with Gasteiger partial charge in [0, 0.05) is 13.2 Å². The van der Waals surface area contributed by atoms with Crippen LogP contribution in [0, 0.1) is 0 Å². The van der Waals surface area contributed by atoms with Crippen molar-refractivity contribution in [2.75, 3.05) is 18.5 Å². The van der Waals surface area contributed by atoms with Gasteiger partial charge in [0.15, 0.2) is 5.65 Å². The molecule has 0 saturated carbocycles. The highest BCUT2D eigenvalue weighted by Crippen LogP contribution is 2.31. The molecule has 1 aromatic carbocycles. The van der Waals surface area contributed by atoms with Crippen molar-refractivity contribution < 1.29 is 13.2 Å². The molecule has 162 valence electrons. The number of nitrogens with zero attached hydrogens (tertiary/aromatic N) is 4. The minimum absolute atomic E-state index is 0.138.